The molecule has 7 N–H and O–H groups in total. The minimum Gasteiger partial charge on any atom is -0.456 e. The molecule has 0 saturated heterocycles. The average Bonchev–Trinajstić information content (AvgIpc) is 1.60. The van der Waals surface area contributed by atoms with Crippen molar-refractivity contribution in [1.82, 2.24) is 4.57 Å². The molecule has 17 heteroatoms. The molecular formula is C115H85F2N13OS. The Kier molecular flexibility index (Phi) is 29.5. The van der Waals surface area contributed by atoms with E-state index < -0.39 is 11.6 Å². The molecule has 0 radical (unpaired) electrons. The Balaban J connectivity index is 0.000000119. The number of aryl methyl sites for hydroxylation is 2. The summed E-state index contributed by atoms with van der Waals surface area (Å²) in [5.74, 6) is -1.73. The molecule has 0 spiro atoms. The first-order valence-corrected chi connectivity index (χ1v) is 43.1. The first kappa shape index (κ1) is 88.5. The molecule has 18 aromatic carbocycles. The first-order valence-electron chi connectivity index (χ1n) is 42.3. The molecule has 132 heavy (non-hydrogen) atoms. The van der Waals surface area contributed by atoms with E-state index in [1.165, 1.54) is 59.2 Å². The summed E-state index contributed by atoms with van der Waals surface area (Å²) in [4.78, 5) is 3.34. The van der Waals surface area contributed by atoms with E-state index in [1.54, 1.807) is 30.3 Å². The highest BCUT2D eigenvalue weighted by Gasteiger charge is 2.15. The number of rotatable bonds is 15. The van der Waals surface area contributed by atoms with Crippen LogP contribution in [0.15, 0.2) is 441 Å². The Morgan fingerprint density at radius 1 is 0.265 bits per heavy atom. The van der Waals surface area contributed by atoms with Crippen LogP contribution in [0.25, 0.3) is 74.4 Å². The number of hydrogen-bond donors (Lipinski definition) is 7. The van der Waals surface area contributed by atoms with E-state index in [0.717, 1.165) is 114 Å². The van der Waals surface area contributed by atoms with Gasteiger partial charge in [0, 0.05) is 133 Å². The Morgan fingerprint density at radius 2 is 0.614 bits per heavy atom. The third kappa shape index (κ3) is 24.0. The van der Waals surface area contributed by atoms with Gasteiger partial charge in [-0.05, 0) is 269 Å². The number of aromatic nitrogens is 1. The summed E-state index contributed by atoms with van der Waals surface area (Å²) in [5.41, 5.74) is 24.6. The quantitative estimate of drug-likeness (QED) is 0.0480. The maximum Gasteiger partial charge on any atom is 0.187 e. The summed E-state index contributed by atoms with van der Waals surface area (Å²) in [6.45, 7) is 11.0. The van der Waals surface area contributed by atoms with Gasteiger partial charge in [-0.1, -0.05) is 187 Å². The highest BCUT2D eigenvalue weighted by molar-refractivity contribution is 7.25. The van der Waals surface area contributed by atoms with Crippen molar-refractivity contribution in [2.24, 2.45) is 0 Å². The van der Waals surface area contributed by atoms with Crippen molar-refractivity contribution in [2.75, 3.05) is 37.2 Å². The normalized spacial score (nSPS) is 10.2. The predicted octanol–water partition coefficient (Wildman–Crippen LogP) is 32.3. The lowest BCUT2D eigenvalue weighted by Crippen LogP contribution is -1.93. The van der Waals surface area contributed by atoms with Crippen molar-refractivity contribution in [3.05, 3.63) is 493 Å². The van der Waals surface area contributed by atoms with E-state index in [4.69, 9.17) is 32.0 Å². The number of benzene rings is 18. The van der Waals surface area contributed by atoms with Crippen molar-refractivity contribution < 1.29 is 13.2 Å². The van der Waals surface area contributed by atoms with Gasteiger partial charge in [-0.3, -0.25) is 0 Å². The van der Waals surface area contributed by atoms with E-state index in [1.807, 2.05) is 242 Å². The maximum absolute atomic E-state index is 13.3. The number of nitrogens with one attached hydrogen (secondary N) is 7. The summed E-state index contributed by atoms with van der Waals surface area (Å²) in [6.07, 6.45) is 0. The standard InChI is InChI=1S/C25H17N3.C19H12N2S.C18H11F2NO.C14H12N2.2C13H10N2.C13H13N/c26-17-18-10-12-19(13-11-18)27-20-14-15-25-23(16-20)22-8-4-5-9-24(22)28(25)21-6-2-1-3-7-21;20-12-13-5-7-14(8-6-13)21-15-9-10-17-16-3-1-2-4-18(16)22-19(17)11-15;19-15-7-5-12(10-16(15)20)21-11-6-8-18-14(9-11)13-3-1-2-4-17(13)22-18;1-11-2-6-13(7-3-11)16-14-8-4-12(10-15)5-9-14;1-14-11-7-9-13(10-8-11)15-12-5-3-2-4-6-12;14-10-11-5-4-8-13(9-11)15-12-6-2-1-3-7-12;1-11-7-9-13(10-8-11)14-12-5-3-2-4-6-12/h1-16,27H;1-11,21H;1-10,21H;2-9,16H,1H3;2-10,15H;1-9,15H;2-10,14H,1H3. The van der Waals surface area contributed by atoms with Crippen LogP contribution in [0.1, 0.15) is 33.4 Å². The van der Waals surface area contributed by atoms with Crippen LogP contribution in [-0.4, -0.2) is 4.57 Å². The van der Waals surface area contributed by atoms with Gasteiger partial charge in [-0.25, -0.2) is 13.6 Å². The second-order valence-corrected chi connectivity index (χ2v) is 31.4. The molecule has 14 nitrogen and oxygen atoms in total. The molecule has 21 aromatic rings. The van der Waals surface area contributed by atoms with Crippen LogP contribution < -0.4 is 37.2 Å². The van der Waals surface area contributed by atoms with Gasteiger partial charge in [0.05, 0.1) is 64.1 Å². The monoisotopic (exact) mass is 1730 g/mol. The van der Waals surface area contributed by atoms with Crippen LogP contribution in [0.2, 0.25) is 0 Å². The minimum atomic E-state index is -0.875. The smallest absolute Gasteiger partial charge is 0.187 e. The zero-order chi connectivity index (χ0) is 91.2. The van der Waals surface area contributed by atoms with Crippen LogP contribution in [0.5, 0.6) is 0 Å². The molecule has 0 aliphatic rings. The van der Waals surface area contributed by atoms with Crippen molar-refractivity contribution in [1.29, 1.82) is 21.0 Å². The van der Waals surface area contributed by atoms with E-state index in [2.05, 4.69) is 242 Å². The van der Waals surface area contributed by atoms with Crippen molar-refractivity contribution in [2.45, 2.75) is 13.8 Å². The van der Waals surface area contributed by atoms with Gasteiger partial charge in [0.15, 0.2) is 17.3 Å². The molecule has 0 saturated carbocycles. The number of halogens is 2. The van der Waals surface area contributed by atoms with Crippen LogP contribution in [-0.2, 0) is 0 Å². The summed E-state index contributed by atoms with van der Waals surface area (Å²) >= 11 is 1.81. The number of furan rings is 1. The fourth-order valence-corrected chi connectivity index (χ4v) is 15.4. The van der Waals surface area contributed by atoms with Crippen molar-refractivity contribution >= 4 is 161 Å². The molecule has 0 bridgehead atoms. The fraction of sp³-hybridized carbons (Fsp3) is 0.0174. The number of fused-ring (bicyclic) bond motifs is 9. The SMILES string of the molecule is Cc1ccc(Nc2ccc(C#N)cc2)cc1.Cc1ccc(Nc2ccccc2)cc1.Fc1ccc(Nc2ccc3oc4ccccc4c3c2)cc1F.N#Cc1ccc(Nc2ccc3c(c2)c2ccccc2n3-c2ccccc2)cc1.N#Cc1ccc(Nc2ccc3c(c2)sc2ccccc23)cc1.N#Cc1cccc(Nc2ccccc2)c1.[C-]#[N+]c1ccc(Nc2ccccc2)cc1. The number of anilines is 14. The lowest BCUT2D eigenvalue weighted by Gasteiger charge is -2.09. The molecule has 21 rings (SSSR count). The molecule has 636 valence electrons. The van der Waals surface area contributed by atoms with Crippen LogP contribution in [0.4, 0.5) is 94.1 Å². The van der Waals surface area contributed by atoms with E-state index in [9.17, 15) is 8.78 Å². The molecule has 3 aromatic heterocycles. The van der Waals surface area contributed by atoms with Gasteiger partial charge in [0.1, 0.15) is 11.2 Å². The number of nitriles is 4. The Labute approximate surface area is 768 Å². The average molecular weight is 1740 g/mol. The van der Waals surface area contributed by atoms with E-state index >= 15 is 0 Å². The highest BCUT2D eigenvalue weighted by Crippen LogP contribution is 2.39. The van der Waals surface area contributed by atoms with Crippen LogP contribution in [0, 0.1) is 77.4 Å². The van der Waals surface area contributed by atoms with Gasteiger partial charge in [0.2, 0.25) is 0 Å². The number of nitrogens with zero attached hydrogens (tertiary/aromatic N) is 6. The van der Waals surface area contributed by atoms with E-state index in [-0.39, 0.29) is 0 Å². The van der Waals surface area contributed by atoms with Gasteiger partial charge >= 0.3 is 0 Å². The Hall–Kier alpha value is -18.3. The molecule has 0 aliphatic carbocycles. The largest absolute Gasteiger partial charge is 0.456 e. The lowest BCUT2D eigenvalue weighted by atomic mass is 10.1. The van der Waals surface area contributed by atoms with Gasteiger partial charge in [0.25, 0.3) is 0 Å². The number of para-hydroxylation sites is 6. The van der Waals surface area contributed by atoms with Crippen LogP contribution >= 0.6 is 11.3 Å². The third-order valence-electron chi connectivity index (χ3n) is 20.8. The molecule has 0 amide bonds. The van der Waals surface area contributed by atoms with Gasteiger partial charge < -0.3 is 46.2 Å². The zero-order valence-corrected chi connectivity index (χ0v) is 72.6. The molecule has 0 fully saturated rings. The van der Waals surface area contributed by atoms with Crippen molar-refractivity contribution in [3.8, 4) is 30.0 Å². The zero-order valence-electron chi connectivity index (χ0n) is 71.8. The van der Waals surface area contributed by atoms with Crippen LogP contribution in [0.3, 0.4) is 0 Å². The first-order chi connectivity index (χ1) is 64.7. The lowest BCUT2D eigenvalue weighted by molar-refractivity contribution is 0.509. The molecule has 0 aliphatic heterocycles. The molecule has 0 unspecified atom stereocenters. The number of thiophene rings is 1. The second-order valence-electron chi connectivity index (χ2n) is 30.3. The maximum atomic E-state index is 13.3. The van der Waals surface area contributed by atoms with Gasteiger partial charge in [-0.2, -0.15) is 21.0 Å². The third-order valence-corrected chi connectivity index (χ3v) is 22.0. The molecule has 3 heterocycles. The highest BCUT2D eigenvalue weighted by atomic mass is 32.1. The number of hydrogen-bond acceptors (Lipinski definition) is 13. The summed E-state index contributed by atoms with van der Waals surface area (Å²) in [5, 5.41) is 65.2. The summed E-state index contributed by atoms with van der Waals surface area (Å²) in [7, 11) is 0. The van der Waals surface area contributed by atoms with Crippen molar-refractivity contribution in [3.63, 3.8) is 0 Å². The fourth-order valence-electron chi connectivity index (χ4n) is 14.3. The summed E-state index contributed by atoms with van der Waals surface area (Å²) < 4.78 is 36.9. The second kappa shape index (κ2) is 44.0. The predicted molar refractivity (Wildman–Crippen MR) is 542 cm³/mol. The Morgan fingerprint density at radius 3 is 1.12 bits per heavy atom. The van der Waals surface area contributed by atoms with Gasteiger partial charge in [-0.15, -0.1) is 11.3 Å². The topological polar surface area (TPSA) is 202 Å². The minimum absolute atomic E-state index is 0.492. The summed E-state index contributed by atoms with van der Waals surface area (Å²) in [6, 6.07) is 150. The Bertz CT molecular complexity index is 7680. The molecular weight excluding hydrogens is 1650 g/mol. The van der Waals surface area contributed by atoms with E-state index in [0.29, 0.717) is 33.6 Å². The molecule has 0 atom stereocenters.